The van der Waals surface area contributed by atoms with Gasteiger partial charge in [0.15, 0.2) is 0 Å². The van der Waals surface area contributed by atoms with E-state index in [1.165, 1.54) is 12.1 Å². The third-order valence-corrected chi connectivity index (χ3v) is 5.06. The summed E-state index contributed by atoms with van der Waals surface area (Å²) in [4.78, 5) is 4.78. The molecule has 0 atom stereocenters. The number of nitrogens with zero attached hydrogens (tertiary/aromatic N) is 4. The minimum absolute atomic E-state index is 0.182. The van der Waals surface area contributed by atoms with Crippen LogP contribution < -0.4 is 9.64 Å². The Labute approximate surface area is 165 Å². The fourth-order valence-electron chi connectivity index (χ4n) is 3.48. The van der Waals surface area contributed by atoms with Crippen LogP contribution in [0.4, 0.5) is 10.1 Å². The maximum Gasteiger partial charge on any atom is 0.123 e. The molecule has 2 aromatic carbocycles. The van der Waals surface area contributed by atoms with E-state index in [9.17, 15) is 4.39 Å². The lowest BCUT2D eigenvalue weighted by atomic mass is 10.2. The Kier molecular flexibility index (Phi) is 5.87. The Morgan fingerprint density at radius 2 is 1.61 bits per heavy atom. The van der Waals surface area contributed by atoms with Crippen LogP contribution in [0.1, 0.15) is 6.42 Å². The summed E-state index contributed by atoms with van der Waals surface area (Å²) in [6.45, 7) is 5.73. The van der Waals surface area contributed by atoms with Crippen molar-refractivity contribution in [3.63, 3.8) is 0 Å². The molecule has 3 aromatic rings. The summed E-state index contributed by atoms with van der Waals surface area (Å²) in [5, 5.41) is 4.22. The molecule has 0 radical (unpaired) electrons. The zero-order chi connectivity index (χ0) is 19.2. The molecule has 0 amide bonds. The number of anilines is 1. The van der Waals surface area contributed by atoms with Crippen LogP contribution in [0.2, 0.25) is 0 Å². The normalized spacial score (nSPS) is 15.0. The molecule has 1 aliphatic heterocycles. The maximum absolute atomic E-state index is 13.1. The zero-order valence-electron chi connectivity index (χ0n) is 15.9. The molecule has 5 nitrogen and oxygen atoms in total. The van der Waals surface area contributed by atoms with Crippen LogP contribution in [0.5, 0.6) is 5.75 Å². The van der Waals surface area contributed by atoms with Gasteiger partial charge in [-0.15, -0.1) is 0 Å². The fraction of sp³-hybridized carbons (Fsp3) is 0.318. The molecule has 0 aliphatic carbocycles. The van der Waals surface area contributed by atoms with Crippen molar-refractivity contribution in [3.05, 3.63) is 72.8 Å². The van der Waals surface area contributed by atoms with Gasteiger partial charge in [-0.3, -0.25) is 4.90 Å². The maximum atomic E-state index is 13.1. The Morgan fingerprint density at radius 3 is 2.29 bits per heavy atom. The van der Waals surface area contributed by atoms with Crippen molar-refractivity contribution in [3.8, 4) is 11.4 Å². The number of benzene rings is 2. The topological polar surface area (TPSA) is 33.5 Å². The molecule has 28 heavy (non-hydrogen) atoms. The van der Waals surface area contributed by atoms with Gasteiger partial charge in [-0.2, -0.15) is 5.10 Å². The van der Waals surface area contributed by atoms with E-state index in [0.717, 1.165) is 56.3 Å². The highest BCUT2D eigenvalue weighted by atomic mass is 19.1. The van der Waals surface area contributed by atoms with Gasteiger partial charge in [0.05, 0.1) is 12.3 Å². The van der Waals surface area contributed by atoms with Gasteiger partial charge in [0, 0.05) is 50.8 Å². The minimum atomic E-state index is -0.182. The number of halogens is 1. The van der Waals surface area contributed by atoms with E-state index in [1.54, 1.807) is 6.20 Å². The van der Waals surface area contributed by atoms with Crippen LogP contribution >= 0.6 is 0 Å². The molecule has 1 aliphatic rings. The molecule has 2 heterocycles. The Hall–Kier alpha value is -2.86. The van der Waals surface area contributed by atoms with Gasteiger partial charge in [0.25, 0.3) is 0 Å². The molecular formula is C22H25FN4O. The lowest BCUT2D eigenvalue weighted by Gasteiger charge is -2.36. The average molecular weight is 380 g/mol. The summed E-state index contributed by atoms with van der Waals surface area (Å²) in [5.74, 6) is 0.704. The van der Waals surface area contributed by atoms with Gasteiger partial charge in [-0.05, 0) is 61.0 Å². The smallest absolute Gasteiger partial charge is 0.123 e. The highest BCUT2D eigenvalue weighted by Crippen LogP contribution is 2.17. The molecule has 0 saturated carbocycles. The summed E-state index contributed by atoms with van der Waals surface area (Å²) < 4.78 is 20.8. The standard InChI is InChI=1S/C22H25FN4O/c23-19-3-5-20(6-4-19)26-16-14-25(15-17-26)12-2-18-28-22-9-7-21(8-10-22)27-13-1-11-24-27/h1,3-11,13H,2,12,14-18H2. The molecule has 0 N–H and O–H groups in total. The summed E-state index contributed by atoms with van der Waals surface area (Å²) in [6, 6.07) is 16.7. The van der Waals surface area contributed by atoms with Gasteiger partial charge >= 0.3 is 0 Å². The third kappa shape index (κ3) is 4.70. The number of rotatable bonds is 7. The van der Waals surface area contributed by atoms with Gasteiger partial charge in [0.2, 0.25) is 0 Å². The second kappa shape index (κ2) is 8.89. The van der Waals surface area contributed by atoms with E-state index in [2.05, 4.69) is 14.9 Å². The van der Waals surface area contributed by atoms with E-state index < -0.39 is 0 Å². The van der Waals surface area contributed by atoms with Crippen molar-refractivity contribution in [1.29, 1.82) is 0 Å². The monoisotopic (exact) mass is 380 g/mol. The number of hydrogen-bond acceptors (Lipinski definition) is 4. The Balaban J connectivity index is 1.16. The van der Waals surface area contributed by atoms with E-state index >= 15 is 0 Å². The third-order valence-electron chi connectivity index (χ3n) is 5.06. The largest absolute Gasteiger partial charge is 0.494 e. The number of hydrogen-bond donors (Lipinski definition) is 0. The summed E-state index contributed by atoms with van der Waals surface area (Å²) >= 11 is 0. The van der Waals surface area contributed by atoms with Gasteiger partial charge in [0.1, 0.15) is 11.6 Å². The van der Waals surface area contributed by atoms with Gasteiger partial charge in [-0.25, -0.2) is 9.07 Å². The van der Waals surface area contributed by atoms with Crippen LogP contribution in [0.25, 0.3) is 5.69 Å². The van der Waals surface area contributed by atoms with Crippen molar-refractivity contribution >= 4 is 5.69 Å². The first-order valence-corrected chi connectivity index (χ1v) is 9.74. The second-order valence-corrected chi connectivity index (χ2v) is 6.95. The molecule has 1 aromatic heterocycles. The number of piperazine rings is 1. The van der Waals surface area contributed by atoms with Crippen molar-refractivity contribution < 1.29 is 9.13 Å². The van der Waals surface area contributed by atoms with E-state index in [1.807, 2.05) is 53.3 Å². The summed E-state index contributed by atoms with van der Waals surface area (Å²) in [6.07, 6.45) is 4.69. The Morgan fingerprint density at radius 1 is 0.893 bits per heavy atom. The van der Waals surface area contributed by atoms with E-state index in [4.69, 9.17) is 4.74 Å². The Bertz CT molecular complexity index is 841. The van der Waals surface area contributed by atoms with Gasteiger partial charge in [-0.1, -0.05) is 0 Å². The molecular weight excluding hydrogens is 355 g/mol. The highest BCUT2D eigenvalue weighted by Gasteiger charge is 2.16. The minimum Gasteiger partial charge on any atom is -0.494 e. The van der Waals surface area contributed by atoms with Crippen molar-refractivity contribution in [2.45, 2.75) is 6.42 Å². The van der Waals surface area contributed by atoms with Crippen LogP contribution in [0, 0.1) is 5.82 Å². The molecule has 146 valence electrons. The van der Waals surface area contributed by atoms with Crippen molar-refractivity contribution in [2.24, 2.45) is 0 Å². The zero-order valence-corrected chi connectivity index (χ0v) is 15.9. The predicted octanol–water partition coefficient (Wildman–Crippen LogP) is 3.60. The van der Waals surface area contributed by atoms with Gasteiger partial charge < -0.3 is 9.64 Å². The van der Waals surface area contributed by atoms with Crippen molar-refractivity contribution in [1.82, 2.24) is 14.7 Å². The first kappa shape index (κ1) is 18.5. The predicted molar refractivity (Wildman–Crippen MR) is 109 cm³/mol. The molecule has 1 fully saturated rings. The molecule has 4 rings (SSSR count). The van der Waals surface area contributed by atoms with Crippen LogP contribution in [0.3, 0.4) is 0 Å². The first-order valence-electron chi connectivity index (χ1n) is 9.74. The number of ether oxygens (including phenoxy) is 1. The lowest BCUT2D eigenvalue weighted by Crippen LogP contribution is -2.46. The molecule has 0 bridgehead atoms. The molecule has 0 unspecified atom stereocenters. The van der Waals surface area contributed by atoms with Crippen LogP contribution in [-0.2, 0) is 0 Å². The average Bonchev–Trinajstić information content (AvgIpc) is 3.28. The van der Waals surface area contributed by atoms with E-state index in [0.29, 0.717) is 6.61 Å². The molecule has 0 spiro atoms. The molecule has 1 saturated heterocycles. The van der Waals surface area contributed by atoms with Crippen LogP contribution in [-0.4, -0.2) is 54.0 Å². The number of aromatic nitrogens is 2. The van der Waals surface area contributed by atoms with E-state index in [-0.39, 0.29) is 5.82 Å². The second-order valence-electron chi connectivity index (χ2n) is 6.95. The van der Waals surface area contributed by atoms with Crippen LogP contribution in [0.15, 0.2) is 67.0 Å². The molecule has 6 heteroatoms. The summed E-state index contributed by atoms with van der Waals surface area (Å²) in [7, 11) is 0. The highest BCUT2D eigenvalue weighted by molar-refractivity contribution is 5.46. The van der Waals surface area contributed by atoms with Crippen molar-refractivity contribution in [2.75, 3.05) is 44.2 Å². The summed E-state index contributed by atoms with van der Waals surface area (Å²) in [5.41, 5.74) is 2.12. The SMILES string of the molecule is Fc1ccc(N2CCN(CCCOc3ccc(-n4cccn4)cc3)CC2)cc1. The lowest BCUT2D eigenvalue weighted by molar-refractivity contribution is 0.224. The fourth-order valence-corrected chi connectivity index (χ4v) is 3.48. The quantitative estimate of drug-likeness (QED) is 0.587. The first-order chi connectivity index (χ1) is 13.8.